The Morgan fingerprint density at radius 1 is 1.54 bits per heavy atom. The smallest absolute Gasteiger partial charge is 0.330 e. The summed E-state index contributed by atoms with van der Waals surface area (Å²) in [4.78, 5) is 10.4. The van der Waals surface area contributed by atoms with Crippen LogP contribution in [0.25, 0.3) is 0 Å². The number of carbonyl (C=O) groups is 1. The number of aliphatic hydroxyl groups excluding tert-OH is 1. The summed E-state index contributed by atoms with van der Waals surface area (Å²) in [6.45, 7) is 7.47. The molecule has 0 amide bonds. The average molecular weight is 186 g/mol. The lowest BCUT2D eigenvalue weighted by atomic mass is 9.82. The number of aliphatic carboxylic acids is 1. The first-order valence-electron chi connectivity index (χ1n) is 4.47. The molecule has 0 fully saturated rings. The quantitative estimate of drug-likeness (QED) is 0.622. The van der Waals surface area contributed by atoms with E-state index < -0.39 is 5.97 Å². The van der Waals surface area contributed by atoms with Crippen molar-refractivity contribution >= 4 is 5.97 Å². The highest BCUT2D eigenvalue weighted by atomic mass is 16.4. The van der Waals surface area contributed by atoms with Crippen LogP contribution in [0.1, 0.15) is 33.1 Å². The molecule has 76 valence electrons. The zero-order valence-electron chi connectivity index (χ0n) is 8.34. The maximum atomic E-state index is 10.4. The summed E-state index contributed by atoms with van der Waals surface area (Å²) >= 11 is 0. The molecule has 2 N–H and O–H groups in total. The molecule has 1 unspecified atom stereocenters. The minimum atomic E-state index is -0.948. The molecule has 0 aliphatic rings. The molecule has 3 nitrogen and oxygen atoms in total. The third kappa shape index (κ3) is 4.08. The summed E-state index contributed by atoms with van der Waals surface area (Å²) in [6.07, 6.45) is 1.96. The van der Waals surface area contributed by atoms with Gasteiger partial charge in [0.1, 0.15) is 0 Å². The summed E-state index contributed by atoms with van der Waals surface area (Å²) in [5.74, 6) is -0.948. The van der Waals surface area contributed by atoms with Gasteiger partial charge in [0.05, 0.1) is 0 Å². The van der Waals surface area contributed by atoms with Crippen LogP contribution in [-0.4, -0.2) is 22.8 Å². The molecule has 0 heterocycles. The van der Waals surface area contributed by atoms with E-state index in [0.717, 1.165) is 6.42 Å². The number of carboxylic acids is 1. The zero-order chi connectivity index (χ0) is 10.5. The van der Waals surface area contributed by atoms with Gasteiger partial charge in [-0.15, -0.1) is 0 Å². The van der Waals surface area contributed by atoms with Crippen LogP contribution in [0.15, 0.2) is 12.2 Å². The number of rotatable bonds is 6. The Morgan fingerprint density at radius 2 is 2.08 bits per heavy atom. The highest BCUT2D eigenvalue weighted by Crippen LogP contribution is 2.27. The molecular formula is C10H18O3. The number of carboxylic acid groups (broad SMARTS) is 1. The van der Waals surface area contributed by atoms with Crippen molar-refractivity contribution in [1.29, 1.82) is 0 Å². The van der Waals surface area contributed by atoms with Crippen molar-refractivity contribution in [2.45, 2.75) is 33.1 Å². The van der Waals surface area contributed by atoms with Crippen LogP contribution in [0.4, 0.5) is 0 Å². The molecule has 0 radical (unpaired) electrons. The third-order valence-corrected chi connectivity index (χ3v) is 2.57. The summed E-state index contributed by atoms with van der Waals surface area (Å²) < 4.78 is 0. The molecule has 13 heavy (non-hydrogen) atoms. The van der Waals surface area contributed by atoms with E-state index in [0.29, 0.717) is 12.8 Å². The van der Waals surface area contributed by atoms with Gasteiger partial charge in [-0.25, -0.2) is 4.79 Å². The van der Waals surface area contributed by atoms with E-state index in [2.05, 4.69) is 6.58 Å². The van der Waals surface area contributed by atoms with Gasteiger partial charge in [0, 0.05) is 12.2 Å². The summed E-state index contributed by atoms with van der Waals surface area (Å²) in [7, 11) is 0. The Balaban J connectivity index is 4.00. The fourth-order valence-electron chi connectivity index (χ4n) is 0.927. The second-order valence-electron chi connectivity index (χ2n) is 3.73. The van der Waals surface area contributed by atoms with Gasteiger partial charge in [-0.2, -0.15) is 0 Å². The molecule has 0 aromatic carbocycles. The molecule has 0 aromatic heterocycles. The van der Waals surface area contributed by atoms with Crippen LogP contribution in [-0.2, 0) is 4.79 Å². The van der Waals surface area contributed by atoms with E-state index in [4.69, 9.17) is 10.2 Å². The van der Waals surface area contributed by atoms with Crippen LogP contribution in [0, 0.1) is 5.41 Å². The fourth-order valence-corrected chi connectivity index (χ4v) is 0.927. The van der Waals surface area contributed by atoms with Crippen molar-refractivity contribution in [3.63, 3.8) is 0 Å². The first-order valence-corrected chi connectivity index (χ1v) is 4.47. The second-order valence-corrected chi connectivity index (χ2v) is 3.73. The largest absolute Gasteiger partial charge is 0.478 e. The van der Waals surface area contributed by atoms with Crippen molar-refractivity contribution in [3.05, 3.63) is 12.2 Å². The van der Waals surface area contributed by atoms with Crippen LogP contribution in [0.3, 0.4) is 0 Å². The van der Waals surface area contributed by atoms with Crippen LogP contribution in [0.5, 0.6) is 0 Å². The zero-order valence-corrected chi connectivity index (χ0v) is 8.34. The predicted molar refractivity (Wildman–Crippen MR) is 51.5 cm³/mol. The predicted octanol–water partition coefficient (Wildman–Crippen LogP) is 1.82. The molecule has 0 saturated heterocycles. The van der Waals surface area contributed by atoms with Crippen molar-refractivity contribution in [2.24, 2.45) is 5.41 Å². The van der Waals surface area contributed by atoms with E-state index >= 15 is 0 Å². The van der Waals surface area contributed by atoms with Gasteiger partial charge in [0.2, 0.25) is 0 Å². The van der Waals surface area contributed by atoms with E-state index in [-0.39, 0.29) is 17.6 Å². The first kappa shape index (κ1) is 12.2. The molecule has 0 rings (SSSR count). The normalized spacial score (nSPS) is 15.0. The van der Waals surface area contributed by atoms with Crippen LogP contribution < -0.4 is 0 Å². The van der Waals surface area contributed by atoms with Crippen molar-refractivity contribution in [3.8, 4) is 0 Å². The number of hydrogen-bond acceptors (Lipinski definition) is 2. The monoisotopic (exact) mass is 186 g/mol. The lowest BCUT2D eigenvalue weighted by Crippen LogP contribution is -2.20. The molecule has 1 atom stereocenters. The molecule has 0 aliphatic heterocycles. The lowest BCUT2D eigenvalue weighted by molar-refractivity contribution is -0.132. The van der Waals surface area contributed by atoms with E-state index in [9.17, 15) is 4.79 Å². The van der Waals surface area contributed by atoms with Gasteiger partial charge in [-0.05, 0) is 24.7 Å². The number of hydrogen-bond donors (Lipinski definition) is 2. The van der Waals surface area contributed by atoms with Crippen LogP contribution >= 0.6 is 0 Å². The SMILES string of the molecule is C=C(CCC(C)(CC)CO)C(=O)O. The lowest BCUT2D eigenvalue weighted by Gasteiger charge is -2.25. The number of aliphatic hydroxyl groups is 1. The van der Waals surface area contributed by atoms with Gasteiger partial charge >= 0.3 is 5.97 Å². The highest BCUT2D eigenvalue weighted by Gasteiger charge is 2.21. The Morgan fingerprint density at radius 3 is 2.38 bits per heavy atom. The van der Waals surface area contributed by atoms with Crippen molar-refractivity contribution < 1.29 is 15.0 Å². The Bertz CT molecular complexity index is 192. The van der Waals surface area contributed by atoms with E-state index in [1.165, 1.54) is 0 Å². The third-order valence-electron chi connectivity index (χ3n) is 2.57. The highest BCUT2D eigenvalue weighted by molar-refractivity contribution is 5.85. The minimum Gasteiger partial charge on any atom is -0.478 e. The van der Waals surface area contributed by atoms with Crippen LogP contribution in [0.2, 0.25) is 0 Å². The summed E-state index contributed by atoms with van der Waals surface area (Å²) in [5.41, 5.74) is 0.0476. The molecule has 3 heteroatoms. The van der Waals surface area contributed by atoms with Gasteiger partial charge in [0.15, 0.2) is 0 Å². The van der Waals surface area contributed by atoms with Gasteiger partial charge in [-0.1, -0.05) is 20.4 Å². The molecule has 0 aromatic rings. The first-order chi connectivity index (χ1) is 5.95. The molecule has 0 spiro atoms. The standard InChI is InChI=1S/C10H18O3/c1-4-10(3,7-11)6-5-8(2)9(12)13/h11H,2,4-7H2,1,3H3,(H,12,13). The molecule has 0 saturated carbocycles. The minimum absolute atomic E-state index is 0.0936. The van der Waals surface area contributed by atoms with Crippen molar-refractivity contribution in [1.82, 2.24) is 0 Å². The average Bonchev–Trinajstić information content (AvgIpc) is 2.13. The Kier molecular flexibility index (Phi) is 4.70. The Hall–Kier alpha value is -0.830. The van der Waals surface area contributed by atoms with Gasteiger partial charge in [0.25, 0.3) is 0 Å². The summed E-state index contributed by atoms with van der Waals surface area (Å²) in [6, 6.07) is 0. The molecule has 0 aliphatic carbocycles. The topological polar surface area (TPSA) is 57.5 Å². The maximum absolute atomic E-state index is 10.4. The molecular weight excluding hydrogens is 168 g/mol. The van der Waals surface area contributed by atoms with Gasteiger partial charge in [-0.3, -0.25) is 0 Å². The maximum Gasteiger partial charge on any atom is 0.330 e. The second kappa shape index (κ2) is 5.02. The van der Waals surface area contributed by atoms with E-state index in [1.54, 1.807) is 0 Å². The summed E-state index contributed by atoms with van der Waals surface area (Å²) in [5, 5.41) is 17.6. The van der Waals surface area contributed by atoms with Crippen molar-refractivity contribution in [2.75, 3.05) is 6.61 Å². The Labute approximate surface area is 79.1 Å². The fraction of sp³-hybridized carbons (Fsp3) is 0.700. The van der Waals surface area contributed by atoms with Gasteiger partial charge < -0.3 is 10.2 Å². The molecule has 0 bridgehead atoms. The van der Waals surface area contributed by atoms with E-state index in [1.807, 2.05) is 13.8 Å².